The summed E-state index contributed by atoms with van der Waals surface area (Å²) in [7, 11) is -1.14. The molecule has 0 amide bonds. The van der Waals surface area contributed by atoms with Gasteiger partial charge in [0.2, 0.25) is 0 Å². The standard InChI is InChI=1S/C30H38O4Si/c1-29(2,3)35(26-15-9-7-10-16-26,27-17-11-8-12-18-27)33-23-13-14-24-19-21-25(22-20-24)34-30(4,5)28(31)32-6/h7-12,15-22H,13-14,23H2,1-6H3. The van der Waals surface area contributed by atoms with Crippen LogP contribution in [0.25, 0.3) is 0 Å². The summed E-state index contributed by atoms with van der Waals surface area (Å²) in [6, 6.07) is 29.4. The van der Waals surface area contributed by atoms with Crippen molar-refractivity contribution in [1.29, 1.82) is 0 Å². The summed E-state index contributed by atoms with van der Waals surface area (Å²) in [6.45, 7) is 11.0. The van der Waals surface area contributed by atoms with Crippen LogP contribution in [0.2, 0.25) is 5.04 Å². The van der Waals surface area contributed by atoms with E-state index in [2.05, 4.69) is 81.4 Å². The topological polar surface area (TPSA) is 44.8 Å². The maximum atomic E-state index is 11.9. The fourth-order valence-electron chi connectivity index (χ4n) is 4.57. The fourth-order valence-corrected chi connectivity index (χ4v) is 9.18. The highest BCUT2D eigenvalue weighted by molar-refractivity contribution is 6.99. The zero-order valence-electron chi connectivity index (χ0n) is 21.8. The second-order valence-electron chi connectivity index (χ2n) is 10.4. The Kier molecular flexibility index (Phi) is 8.57. The maximum Gasteiger partial charge on any atom is 0.349 e. The minimum absolute atomic E-state index is 0.0267. The molecule has 0 unspecified atom stereocenters. The highest BCUT2D eigenvalue weighted by Gasteiger charge is 2.49. The zero-order valence-corrected chi connectivity index (χ0v) is 22.8. The summed E-state index contributed by atoms with van der Waals surface area (Å²) >= 11 is 0. The van der Waals surface area contributed by atoms with Gasteiger partial charge < -0.3 is 13.9 Å². The second kappa shape index (κ2) is 11.2. The van der Waals surface area contributed by atoms with E-state index in [1.807, 2.05) is 24.3 Å². The van der Waals surface area contributed by atoms with E-state index in [1.54, 1.807) is 13.8 Å². The molecule has 3 aromatic carbocycles. The Morgan fingerprint density at radius 2 is 1.29 bits per heavy atom. The van der Waals surface area contributed by atoms with Crippen LogP contribution in [0, 0.1) is 0 Å². The summed E-state index contributed by atoms with van der Waals surface area (Å²) in [5.74, 6) is 0.245. The van der Waals surface area contributed by atoms with Gasteiger partial charge in [-0.3, -0.25) is 0 Å². The first kappa shape index (κ1) is 26.7. The van der Waals surface area contributed by atoms with Gasteiger partial charge in [0, 0.05) is 6.61 Å². The predicted molar refractivity (Wildman–Crippen MR) is 145 cm³/mol. The van der Waals surface area contributed by atoms with Gasteiger partial charge in [0.25, 0.3) is 8.32 Å². The summed E-state index contributed by atoms with van der Waals surface area (Å²) in [5.41, 5.74) is 0.180. The van der Waals surface area contributed by atoms with Gasteiger partial charge in [-0.15, -0.1) is 0 Å². The Labute approximate surface area is 211 Å². The van der Waals surface area contributed by atoms with Crippen molar-refractivity contribution in [3.8, 4) is 5.75 Å². The summed E-state index contributed by atoms with van der Waals surface area (Å²) in [4.78, 5) is 11.9. The van der Waals surface area contributed by atoms with Crippen molar-refractivity contribution in [3.63, 3.8) is 0 Å². The van der Waals surface area contributed by atoms with E-state index in [-0.39, 0.29) is 5.04 Å². The number of esters is 1. The van der Waals surface area contributed by atoms with Gasteiger partial charge in [0.1, 0.15) is 5.75 Å². The van der Waals surface area contributed by atoms with Crippen molar-refractivity contribution in [2.45, 2.75) is 58.1 Å². The quantitative estimate of drug-likeness (QED) is 0.213. The summed E-state index contributed by atoms with van der Waals surface area (Å²) < 4.78 is 17.6. The van der Waals surface area contributed by atoms with Gasteiger partial charge >= 0.3 is 5.97 Å². The van der Waals surface area contributed by atoms with Gasteiger partial charge in [-0.25, -0.2) is 4.79 Å². The lowest BCUT2D eigenvalue weighted by Gasteiger charge is -2.43. The summed E-state index contributed by atoms with van der Waals surface area (Å²) in [5, 5.41) is 2.57. The average Bonchev–Trinajstić information content (AvgIpc) is 2.84. The van der Waals surface area contributed by atoms with Gasteiger partial charge in [-0.05, 0) is 59.8 Å². The summed E-state index contributed by atoms with van der Waals surface area (Å²) in [6.07, 6.45) is 1.82. The Morgan fingerprint density at radius 1 is 0.771 bits per heavy atom. The van der Waals surface area contributed by atoms with Crippen LogP contribution in [-0.2, 0) is 20.4 Å². The van der Waals surface area contributed by atoms with Gasteiger partial charge in [-0.1, -0.05) is 93.6 Å². The molecule has 3 rings (SSSR count). The Hall–Kier alpha value is -2.89. The van der Waals surface area contributed by atoms with Crippen LogP contribution in [-0.4, -0.2) is 33.6 Å². The first-order chi connectivity index (χ1) is 16.6. The van der Waals surface area contributed by atoms with Gasteiger partial charge in [0.15, 0.2) is 5.60 Å². The smallest absolute Gasteiger partial charge is 0.349 e. The highest BCUT2D eigenvalue weighted by atomic mass is 28.4. The predicted octanol–water partition coefficient (Wildman–Crippen LogP) is 5.53. The third-order valence-corrected chi connectivity index (χ3v) is 11.4. The van der Waals surface area contributed by atoms with Crippen LogP contribution in [0.1, 0.15) is 46.6 Å². The lowest BCUT2D eigenvalue weighted by atomic mass is 10.1. The van der Waals surface area contributed by atoms with Gasteiger partial charge in [0.05, 0.1) is 7.11 Å². The molecule has 0 aliphatic rings. The largest absolute Gasteiger partial charge is 0.476 e. The van der Waals surface area contributed by atoms with Crippen LogP contribution in [0.15, 0.2) is 84.9 Å². The van der Waals surface area contributed by atoms with Crippen molar-refractivity contribution in [3.05, 3.63) is 90.5 Å². The van der Waals surface area contributed by atoms with Crippen LogP contribution in [0.3, 0.4) is 0 Å². The number of ether oxygens (including phenoxy) is 2. The van der Waals surface area contributed by atoms with Crippen molar-refractivity contribution < 1.29 is 18.7 Å². The zero-order chi connectivity index (χ0) is 25.5. The number of hydrogen-bond donors (Lipinski definition) is 0. The van der Waals surface area contributed by atoms with E-state index in [4.69, 9.17) is 13.9 Å². The molecule has 0 saturated heterocycles. The molecule has 35 heavy (non-hydrogen) atoms. The molecule has 0 fully saturated rings. The van der Waals surface area contributed by atoms with Crippen LogP contribution < -0.4 is 15.1 Å². The van der Waals surface area contributed by atoms with Crippen molar-refractivity contribution >= 4 is 24.7 Å². The SMILES string of the molecule is COC(=O)C(C)(C)Oc1ccc(CCCO[Si](c2ccccc2)(c2ccccc2)C(C)(C)C)cc1. The third kappa shape index (κ3) is 6.22. The molecule has 3 aromatic rings. The monoisotopic (exact) mass is 490 g/mol. The molecule has 4 nitrogen and oxygen atoms in total. The van der Waals surface area contributed by atoms with Crippen molar-refractivity contribution in [2.75, 3.05) is 13.7 Å². The number of methoxy groups -OCH3 is 1. The first-order valence-electron chi connectivity index (χ1n) is 12.2. The minimum atomic E-state index is -2.50. The maximum absolute atomic E-state index is 11.9. The average molecular weight is 491 g/mol. The Bertz CT molecular complexity index is 1030. The molecule has 0 atom stereocenters. The molecule has 0 spiro atoms. The van der Waals surface area contributed by atoms with E-state index in [9.17, 15) is 4.79 Å². The van der Waals surface area contributed by atoms with Crippen LogP contribution in [0.4, 0.5) is 0 Å². The van der Waals surface area contributed by atoms with Crippen LogP contribution >= 0.6 is 0 Å². The molecular formula is C30H38O4Si. The molecule has 0 radical (unpaired) electrons. The number of hydrogen-bond acceptors (Lipinski definition) is 4. The van der Waals surface area contributed by atoms with Gasteiger partial charge in [-0.2, -0.15) is 0 Å². The highest BCUT2D eigenvalue weighted by Crippen LogP contribution is 2.36. The van der Waals surface area contributed by atoms with E-state index in [1.165, 1.54) is 23.0 Å². The normalized spacial score (nSPS) is 12.3. The second-order valence-corrected chi connectivity index (χ2v) is 14.7. The first-order valence-corrected chi connectivity index (χ1v) is 14.1. The lowest BCUT2D eigenvalue weighted by molar-refractivity contribution is -0.156. The molecule has 0 bridgehead atoms. The van der Waals surface area contributed by atoms with E-state index < -0.39 is 19.9 Å². The minimum Gasteiger partial charge on any atom is -0.476 e. The molecule has 186 valence electrons. The number of benzene rings is 3. The fraction of sp³-hybridized carbons (Fsp3) is 0.367. The number of carbonyl (C=O) groups excluding carboxylic acids is 1. The van der Waals surface area contributed by atoms with E-state index in [0.29, 0.717) is 12.4 Å². The van der Waals surface area contributed by atoms with E-state index >= 15 is 0 Å². The molecule has 5 heteroatoms. The van der Waals surface area contributed by atoms with Crippen LogP contribution in [0.5, 0.6) is 5.75 Å². The Balaban J connectivity index is 1.71. The van der Waals surface area contributed by atoms with Crippen molar-refractivity contribution in [2.24, 2.45) is 0 Å². The number of carbonyl (C=O) groups is 1. The molecular weight excluding hydrogens is 452 g/mol. The molecule has 0 aliphatic carbocycles. The number of aryl methyl sites for hydroxylation is 1. The Morgan fingerprint density at radius 3 is 1.74 bits per heavy atom. The van der Waals surface area contributed by atoms with Crippen molar-refractivity contribution in [1.82, 2.24) is 0 Å². The third-order valence-electron chi connectivity index (χ3n) is 6.32. The molecule has 0 saturated carbocycles. The lowest BCUT2D eigenvalue weighted by Crippen LogP contribution is -2.66. The molecule has 0 aliphatic heterocycles. The number of rotatable bonds is 10. The van der Waals surface area contributed by atoms with E-state index in [0.717, 1.165) is 12.8 Å². The molecule has 0 heterocycles. The molecule has 0 N–H and O–H groups in total. The molecule has 0 aromatic heterocycles.